The van der Waals surface area contributed by atoms with E-state index in [1.54, 1.807) is 11.0 Å². The van der Waals surface area contributed by atoms with Crippen molar-refractivity contribution >= 4 is 0 Å². The minimum Gasteiger partial charge on any atom is -0.368 e. The van der Waals surface area contributed by atoms with Gasteiger partial charge >= 0.3 is 0 Å². The summed E-state index contributed by atoms with van der Waals surface area (Å²) in [7, 11) is 0. The van der Waals surface area contributed by atoms with Gasteiger partial charge < -0.3 is 10.5 Å². The predicted octanol–water partition coefficient (Wildman–Crippen LogP) is 3.64. The van der Waals surface area contributed by atoms with Gasteiger partial charge in [0.05, 0.1) is 13.2 Å². The van der Waals surface area contributed by atoms with Crippen LogP contribution in [0.5, 0.6) is 0 Å². The fourth-order valence-corrected chi connectivity index (χ4v) is 3.84. The summed E-state index contributed by atoms with van der Waals surface area (Å²) in [5, 5.41) is 4.14. The molecule has 0 bridgehead atoms. The number of halogens is 2. The molecule has 7 heteroatoms. The number of aromatic nitrogens is 3. The van der Waals surface area contributed by atoms with E-state index in [-0.39, 0.29) is 6.04 Å². The normalized spacial score (nSPS) is 23.9. The Balaban J connectivity index is 1.74. The maximum Gasteiger partial charge on any atom is 0.137 e. The van der Waals surface area contributed by atoms with E-state index in [1.165, 1.54) is 18.5 Å². The number of hydrogen-bond acceptors (Lipinski definition) is 4. The molecule has 1 aliphatic rings. The van der Waals surface area contributed by atoms with E-state index in [9.17, 15) is 8.78 Å². The van der Waals surface area contributed by atoms with Gasteiger partial charge in [-0.05, 0) is 37.2 Å². The Kier molecular flexibility index (Phi) is 6.22. The molecule has 2 heterocycles. The van der Waals surface area contributed by atoms with Crippen LogP contribution >= 0.6 is 0 Å². The van der Waals surface area contributed by atoms with E-state index in [0.29, 0.717) is 37.0 Å². The van der Waals surface area contributed by atoms with Gasteiger partial charge in [-0.25, -0.2) is 18.4 Å². The average molecular weight is 378 g/mol. The smallest absolute Gasteiger partial charge is 0.137 e. The van der Waals surface area contributed by atoms with E-state index in [2.05, 4.69) is 23.9 Å². The molecular weight excluding hydrogens is 350 g/mol. The molecule has 3 rings (SSSR count). The largest absolute Gasteiger partial charge is 0.368 e. The zero-order valence-electron chi connectivity index (χ0n) is 15.9. The fourth-order valence-electron chi connectivity index (χ4n) is 3.84. The van der Waals surface area contributed by atoms with Crippen molar-refractivity contribution in [1.29, 1.82) is 0 Å². The van der Waals surface area contributed by atoms with Crippen molar-refractivity contribution in [3.8, 4) is 0 Å². The minimum atomic E-state index is -0.865. The monoisotopic (exact) mass is 378 g/mol. The molecule has 5 nitrogen and oxygen atoms in total. The Morgan fingerprint density at radius 2 is 2.19 bits per heavy atom. The maximum atomic E-state index is 14.6. The Hall–Kier alpha value is -1.86. The molecule has 0 radical (unpaired) electrons. The summed E-state index contributed by atoms with van der Waals surface area (Å²) >= 11 is 0. The van der Waals surface area contributed by atoms with E-state index < -0.39 is 17.2 Å². The van der Waals surface area contributed by atoms with Crippen molar-refractivity contribution in [1.82, 2.24) is 14.8 Å². The van der Waals surface area contributed by atoms with Crippen LogP contribution in [0.2, 0.25) is 0 Å². The van der Waals surface area contributed by atoms with E-state index in [0.717, 1.165) is 25.3 Å². The molecule has 0 amide bonds. The molecule has 2 N–H and O–H groups in total. The summed E-state index contributed by atoms with van der Waals surface area (Å²) in [5.74, 6) is -0.413. The molecule has 0 spiro atoms. The van der Waals surface area contributed by atoms with Gasteiger partial charge in [0.25, 0.3) is 0 Å². The van der Waals surface area contributed by atoms with Crippen LogP contribution in [0.4, 0.5) is 8.78 Å². The molecule has 1 saturated heterocycles. The van der Waals surface area contributed by atoms with Gasteiger partial charge in [0.2, 0.25) is 0 Å². The molecule has 27 heavy (non-hydrogen) atoms. The molecule has 1 fully saturated rings. The van der Waals surface area contributed by atoms with Crippen molar-refractivity contribution in [3.63, 3.8) is 0 Å². The van der Waals surface area contributed by atoms with E-state index >= 15 is 0 Å². The molecule has 1 unspecified atom stereocenters. The standard InChI is InChI=1S/C20H28F2N4O/c1-14(2)19(23)5-3-4-15-9-20(27-10-15,11-26-13-24-12-25-26)17-7-6-16(21)8-18(17)22/h6-8,12-15,19H,3-5,9-11,23H2,1-2H3/t15-,19?,20-/m0/s1. The summed E-state index contributed by atoms with van der Waals surface area (Å²) in [5.41, 5.74) is 5.65. The lowest BCUT2D eigenvalue weighted by atomic mass is 9.84. The van der Waals surface area contributed by atoms with Crippen LogP contribution in [0.25, 0.3) is 0 Å². The highest BCUT2D eigenvalue weighted by molar-refractivity contribution is 5.26. The van der Waals surface area contributed by atoms with Crippen LogP contribution in [-0.2, 0) is 16.9 Å². The number of benzene rings is 1. The summed E-state index contributed by atoms with van der Waals surface area (Å²) in [6, 6.07) is 3.87. The number of rotatable bonds is 8. The summed E-state index contributed by atoms with van der Waals surface area (Å²) in [6.45, 7) is 5.15. The summed E-state index contributed by atoms with van der Waals surface area (Å²) in [4.78, 5) is 3.96. The average Bonchev–Trinajstić information content (AvgIpc) is 3.25. The van der Waals surface area contributed by atoms with Crippen molar-refractivity contribution in [2.24, 2.45) is 17.6 Å². The topological polar surface area (TPSA) is 66.0 Å². The van der Waals surface area contributed by atoms with Crippen LogP contribution in [0, 0.1) is 23.5 Å². The van der Waals surface area contributed by atoms with Gasteiger partial charge in [0.1, 0.15) is 29.9 Å². The highest BCUT2D eigenvalue weighted by atomic mass is 19.1. The first-order valence-electron chi connectivity index (χ1n) is 9.57. The number of nitrogens with zero attached hydrogens (tertiary/aromatic N) is 3. The number of ether oxygens (including phenoxy) is 1. The quantitative estimate of drug-likeness (QED) is 0.762. The Morgan fingerprint density at radius 3 is 2.85 bits per heavy atom. The Labute approximate surface area is 158 Å². The number of nitrogens with two attached hydrogens (primary N) is 1. The Bertz CT molecular complexity index is 738. The van der Waals surface area contributed by atoms with Crippen LogP contribution < -0.4 is 5.73 Å². The van der Waals surface area contributed by atoms with Crippen LogP contribution in [-0.4, -0.2) is 27.4 Å². The van der Waals surface area contributed by atoms with Crippen LogP contribution in [0.3, 0.4) is 0 Å². The zero-order chi connectivity index (χ0) is 19.4. The first-order valence-corrected chi connectivity index (χ1v) is 9.57. The van der Waals surface area contributed by atoms with Crippen LogP contribution in [0.1, 0.15) is 45.1 Å². The molecule has 2 aromatic rings. The van der Waals surface area contributed by atoms with Crippen molar-refractivity contribution < 1.29 is 13.5 Å². The van der Waals surface area contributed by atoms with Crippen molar-refractivity contribution in [2.75, 3.05) is 6.61 Å². The minimum absolute atomic E-state index is 0.196. The lowest BCUT2D eigenvalue weighted by molar-refractivity contribution is -0.0204. The van der Waals surface area contributed by atoms with E-state index in [4.69, 9.17) is 10.5 Å². The van der Waals surface area contributed by atoms with Gasteiger partial charge in [-0.15, -0.1) is 0 Å². The molecule has 3 atom stereocenters. The molecule has 1 aliphatic heterocycles. The van der Waals surface area contributed by atoms with Crippen LogP contribution in [0.15, 0.2) is 30.9 Å². The molecular formula is C20H28F2N4O. The van der Waals surface area contributed by atoms with Gasteiger partial charge in [-0.1, -0.05) is 26.3 Å². The molecule has 148 valence electrons. The summed E-state index contributed by atoms with van der Waals surface area (Å²) < 4.78 is 35.8. The van der Waals surface area contributed by atoms with Crippen molar-refractivity contribution in [2.45, 2.75) is 57.7 Å². The first kappa shape index (κ1) is 19.9. The van der Waals surface area contributed by atoms with Gasteiger partial charge in [-0.3, -0.25) is 0 Å². The second-order valence-electron chi connectivity index (χ2n) is 7.93. The third-order valence-electron chi connectivity index (χ3n) is 5.53. The maximum absolute atomic E-state index is 14.6. The molecule has 0 saturated carbocycles. The second-order valence-corrected chi connectivity index (χ2v) is 7.93. The molecule has 1 aromatic carbocycles. The lowest BCUT2D eigenvalue weighted by Crippen LogP contribution is -2.32. The lowest BCUT2D eigenvalue weighted by Gasteiger charge is -2.29. The number of hydrogen-bond donors (Lipinski definition) is 1. The first-order chi connectivity index (χ1) is 12.9. The van der Waals surface area contributed by atoms with Gasteiger partial charge in [0.15, 0.2) is 0 Å². The second kappa shape index (κ2) is 8.44. The third-order valence-corrected chi connectivity index (χ3v) is 5.53. The summed E-state index contributed by atoms with van der Waals surface area (Å²) in [6.07, 6.45) is 6.64. The van der Waals surface area contributed by atoms with Gasteiger partial charge in [-0.2, -0.15) is 5.10 Å². The SMILES string of the molecule is CC(C)C(N)CCC[C@@H]1CO[C@@](Cn2cncn2)(c2ccc(F)cc2F)C1. The highest BCUT2D eigenvalue weighted by Crippen LogP contribution is 2.43. The molecule has 0 aliphatic carbocycles. The third kappa shape index (κ3) is 4.71. The highest BCUT2D eigenvalue weighted by Gasteiger charge is 2.44. The van der Waals surface area contributed by atoms with Crippen molar-refractivity contribution in [3.05, 3.63) is 48.1 Å². The van der Waals surface area contributed by atoms with Gasteiger partial charge in [0, 0.05) is 17.7 Å². The Morgan fingerprint density at radius 1 is 1.37 bits per heavy atom. The zero-order valence-corrected chi connectivity index (χ0v) is 15.9. The van der Waals surface area contributed by atoms with E-state index in [1.807, 2.05) is 0 Å². The predicted molar refractivity (Wildman–Crippen MR) is 98.8 cm³/mol. The molecule has 1 aromatic heterocycles. The fraction of sp³-hybridized carbons (Fsp3) is 0.600.